The normalized spacial score (nSPS) is 10.9. The Morgan fingerprint density at radius 3 is 2.70 bits per heavy atom. The summed E-state index contributed by atoms with van der Waals surface area (Å²) in [5.74, 6) is 0.860. The summed E-state index contributed by atoms with van der Waals surface area (Å²) in [4.78, 5) is 12.8. The molecule has 0 aliphatic heterocycles. The van der Waals surface area contributed by atoms with Gasteiger partial charge in [-0.2, -0.15) is 5.10 Å². The fourth-order valence-electron chi connectivity index (χ4n) is 3.60. The highest BCUT2D eigenvalue weighted by Gasteiger charge is 2.18. The average Bonchev–Trinajstić information content (AvgIpc) is 3.35. The molecule has 0 atom stereocenters. The maximum absolute atomic E-state index is 13.5. The molecule has 170 valence electrons. The molecule has 0 saturated heterocycles. The van der Waals surface area contributed by atoms with Crippen molar-refractivity contribution in [2.75, 3.05) is 5.32 Å². The van der Waals surface area contributed by atoms with Crippen LogP contribution >= 0.6 is 0 Å². The van der Waals surface area contributed by atoms with Crippen molar-refractivity contribution in [1.29, 1.82) is 0 Å². The molecule has 2 aromatic heterocycles. The maximum Gasteiger partial charge on any atom is 0.291 e. The number of hydrogen-bond donors (Lipinski definition) is 1. The second kappa shape index (κ2) is 9.32. The van der Waals surface area contributed by atoms with Gasteiger partial charge in [0.15, 0.2) is 5.76 Å². The first-order valence-electron chi connectivity index (χ1n) is 10.7. The molecule has 0 unspecified atom stereocenters. The van der Waals surface area contributed by atoms with E-state index >= 15 is 0 Å². The van der Waals surface area contributed by atoms with Gasteiger partial charge in [-0.1, -0.05) is 24.3 Å². The lowest BCUT2D eigenvalue weighted by molar-refractivity contribution is 0.0992. The van der Waals surface area contributed by atoms with Crippen molar-refractivity contribution in [1.82, 2.24) is 9.78 Å². The first-order valence-corrected chi connectivity index (χ1v) is 10.7. The molecule has 0 aliphatic carbocycles. The lowest BCUT2D eigenvalue weighted by Gasteiger charge is -2.08. The van der Waals surface area contributed by atoms with Gasteiger partial charge in [-0.25, -0.2) is 4.39 Å². The Morgan fingerprint density at radius 1 is 1.09 bits per heavy atom. The summed E-state index contributed by atoms with van der Waals surface area (Å²) in [7, 11) is 0. The Bertz CT molecular complexity index is 1310. The number of amides is 1. The van der Waals surface area contributed by atoms with E-state index in [0.717, 1.165) is 28.1 Å². The smallest absolute Gasteiger partial charge is 0.291 e. The monoisotopic (exact) mass is 447 g/mol. The quantitative estimate of drug-likeness (QED) is 0.393. The molecule has 0 aliphatic rings. The summed E-state index contributed by atoms with van der Waals surface area (Å²) in [6.07, 6.45) is 0. The molecular weight excluding hydrogens is 421 g/mol. The van der Waals surface area contributed by atoms with Crippen LogP contribution in [0.1, 0.15) is 44.4 Å². The largest absolute Gasteiger partial charge is 0.485 e. The van der Waals surface area contributed by atoms with E-state index in [-0.39, 0.29) is 24.1 Å². The van der Waals surface area contributed by atoms with E-state index in [2.05, 4.69) is 10.4 Å². The van der Waals surface area contributed by atoms with Gasteiger partial charge in [0.1, 0.15) is 23.9 Å². The van der Waals surface area contributed by atoms with Gasteiger partial charge in [-0.05, 0) is 74.7 Å². The van der Waals surface area contributed by atoms with Crippen molar-refractivity contribution in [2.45, 2.75) is 40.8 Å². The van der Waals surface area contributed by atoms with E-state index in [1.54, 1.807) is 22.9 Å². The van der Waals surface area contributed by atoms with Crippen molar-refractivity contribution in [3.63, 3.8) is 0 Å². The zero-order valence-corrected chi connectivity index (χ0v) is 19.1. The molecule has 4 rings (SSSR count). The standard InChI is InChI=1S/C26H26FN3O3/c1-16-8-9-17(2)24(12-16)32-15-22-10-11-23(33-22)26(31)28-25-18(3)29-30(19(25)4)14-20-6-5-7-21(27)13-20/h5-13H,14-15H2,1-4H3,(H,28,31). The fraction of sp³-hybridized carbons (Fsp3) is 0.231. The maximum atomic E-state index is 13.5. The van der Waals surface area contributed by atoms with Crippen molar-refractivity contribution in [3.8, 4) is 5.75 Å². The van der Waals surface area contributed by atoms with Crippen LogP contribution in [0.3, 0.4) is 0 Å². The molecule has 2 heterocycles. The van der Waals surface area contributed by atoms with Gasteiger partial charge in [-0.3, -0.25) is 9.48 Å². The lowest BCUT2D eigenvalue weighted by atomic mass is 10.1. The second-order valence-electron chi connectivity index (χ2n) is 8.11. The molecule has 1 amide bonds. The number of nitrogens with one attached hydrogen (secondary N) is 1. The van der Waals surface area contributed by atoms with Gasteiger partial charge in [0.25, 0.3) is 5.91 Å². The first kappa shape index (κ1) is 22.3. The van der Waals surface area contributed by atoms with Crippen molar-refractivity contribution >= 4 is 11.6 Å². The van der Waals surface area contributed by atoms with Crippen LogP contribution in [-0.4, -0.2) is 15.7 Å². The van der Waals surface area contributed by atoms with Gasteiger partial charge >= 0.3 is 0 Å². The average molecular weight is 448 g/mol. The van der Waals surface area contributed by atoms with Crippen LogP contribution in [0.15, 0.2) is 59.0 Å². The molecule has 1 N–H and O–H groups in total. The van der Waals surface area contributed by atoms with Crippen LogP contribution in [0.4, 0.5) is 10.1 Å². The molecule has 6 nitrogen and oxygen atoms in total. The van der Waals surface area contributed by atoms with Crippen molar-refractivity contribution < 1.29 is 18.3 Å². The number of furan rings is 1. The number of rotatable bonds is 7. The third-order valence-electron chi connectivity index (χ3n) is 5.44. The minimum absolute atomic E-state index is 0.186. The zero-order chi connectivity index (χ0) is 23.5. The van der Waals surface area contributed by atoms with Gasteiger partial charge in [0.05, 0.1) is 23.6 Å². The molecule has 33 heavy (non-hydrogen) atoms. The van der Waals surface area contributed by atoms with Crippen LogP contribution < -0.4 is 10.1 Å². The Kier molecular flexibility index (Phi) is 6.31. The third kappa shape index (κ3) is 5.14. The summed E-state index contributed by atoms with van der Waals surface area (Å²) in [5, 5.41) is 7.38. The van der Waals surface area contributed by atoms with Gasteiger partial charge in [0.2, 0.25) is 0 Å². The van der Waals surface area contributed by atoms with Crippen LogP contribution in [0.25, 0.3) is 0 Å². The highest BCUT2D eigenvalue weighted by atomic mass is 19.1. The van der Waals surface area contributed by atoms with Crippen LogP contribution in [0, 0.1) is 33.5 Å². The van der Waals surface area contributed by atoms with Crippen LogP contribution in [-0.2, 0) is 13.2 Å². The number of benzene rings is 2. The predicted octanol–water partition coefficient (Wildman–Crippen LogP) is 5.73. The van der Waals surface area contributed by atoms with E-state index in [1.165, 1.54) is 12.1 Å². The summed E-state index contributed by atoms with van der Waals surface area (Å²) in [6, 6.07) is 15.7. The number of aromatic nitrogens is 2. The molecule has 0 radical (unpaired) electrons. The minimum Gasteiger partial charge on any atom is -0.485 e. The van der Waals surface area contributed by atoms with E-state index in [4.69, 9.17) is 9.15 Å². The Morgan fingerprint density at radius 2 is 1.91 bits per heavy atom. The van der Waals surface area contributed by atoms with Crippen molar-refractivity contribution in [2.24, 2.45) is 0 Å². The fourth-order valence-corrected chi connectivity index (χ4v) is 3.60. The molecule has 7 heteroatoms. The molecule has 0 bridgehead atoms. The van der Waals surface area contributed by atoms with Gasteiger partial charge in [-0.15, -0.1) is 0 Å². The number of carbonyl (C=O) groups excluding carboxylic acids is 1. The lowest BCUT2D eigenvalue weighted by Crippen LogP contribution is -2.12. The number of hydrogen-bond acceptors (Lipinski definition) is 4. The number of ether oxygens (including phenoxy) is 1. The Balaban J connectivity index is 1.43. The van der Waals surface area contributed by atoms with Crippen LogP contribution in [0.2, 0.25) is 0 Å². The molecule has 0 saturated carbocycles. The van der Waals surface area contributed by atoms with E-state index < -0.39 is 0 Å². The van der Waals surface area contributed by atoms with Gasteiger partial charge in [0, 0.05) is 0 Å². The Hall–Kier alpha value is -3.87. The predicted molar refractivity (Wildman–Crippen MR) is 124 cm³/mol. The van der Waals surface area contributed by atoms with Crippen molar-refractivity contribution in [3.05, 3.63) is 100 Å². The Labute approximate surface area is 192 Å². The zero-order valence-electron chi connectivity index (χ0n) is 19.1. The third-order valence-corrected chi connectivity index (χ3v) is 5.44. The van der Waals surface area contributed by atoms with E-state index in [0.29, 0.717) is 23.7 Å². The molecule has 2 aromatic carbocycles. The number of aryl methyl sites for hydroxylation is 3. The SMILES string of the molecule is Cc1ccc(C)c(OCc2ccc(C(=O)Nc3c(C)nn(Cc4cccc(F)c4)c3C)o2)c1. The molecule has 0 fully saturated rings. The second-order valence-corrected chi connectivity index (χ2v) is 8.11. The van der Waals surface area contributed by atoms with E-state index in [9.17, 15) is 9.18 Å². The summed E-state index contributed by atoms with van der Waals surface area (Å²) in [5.41, 5.74) is 4.99. The summed E-state index contributed by atoms with van der Waals surface area (Å²) < 4.78 is 26.8. The summed E-state index contributed by atoms with van der Waals surface area (Å²) >= 11 is 0. The summed E-state index contributed by atoms with van der Waals surface area (Å²) in [6.45, 7) is 8.29. The molecule has 4 aromatic rings. The topological polar surface area (TPSA) is 69.3 Å². The number of carbonyl (C=O) groups is 1. The van der Waals surface area contributed by atoms with E-state index in [1.807, 2.05) is 52.0 Å². The highest BCUT2D eigenvalue weighted by molar-refractivity contribution is 6.02. The van der Waals surface area contributed by atoms with Crippen LogP contribution in [0.5, 0.6) is 5.75 Å². The number of halogens is 1. The first-order chi connectivity index (χ1) is 15.8. The van der Waals surface area contributed by atoms with Gasteiger partial charge < -0.3 is 14.5 Å². The highest BCUT2D eigenvalue weighted by Crippen LogP contribution is 2.23. The molecular formula is C26H26FN3O3. The molecule has 0 spiro atoms. The minimum atomic E-state index is -0.371. The number of anilines is 1. The number of nitrogens with zero attached hydrogens (tertiary/aromatic N) is 2.